The van der Waals surface area contributed by atoms with Gasteiger partial charge in [0.15, 0.2) is 0 Å². The number of halogens is 2. The van der Waals surface area contributed by atoms with Crippen molar-refractivity contribution in [3.63, 3.8) is 0 Å². The Balaban J connectivity index is 1.12. The Morgan fingerprint density at radius 2 is 1.67 bits per heavy atom. The second-order valence-electron chi connectivity index (χ2n) is 11.7. The smallest absolute Gasteiger partial charge is 0.338 e. The molecule has 4 heterocycles. The molecule has 4 aromatic rings. The van der Waals surface area contributed by atoms with Crippen molar-refractivity contribution in [1.29, 1.82) is 0 Å². The summed E-state index contributed by atoms with van der Waals surface area (Å²) in [6, 6.07) is 11.0. The molecule has 1 aliphatic carbocycles. The highest BCUT2D eigenvalue weighted by Gasteiger charge is 2.28. The number of carbonyl (C=O) groups excluding carboxylic acids is 2. The Morgan fingerprint density at radius 3 is 2.36 bits per heavy atom. The fourth-order valence-corrected chi connectivity index (χ4v) is 6.47. The minimum Gasteiger partial charge on any atom is -0.459 e. The zero-order chi connectivity index (χ0) is 31.5. The molecule has 1 aliphatic heterocycles. The first-order chi connectivity index (χ1) is 21.8. The lowest BCUT2D eigenvalue weighted by Gasteiger charge is -2.32. The normalized spacial score (nSPS) is 19.4. The first-order valence-electron chi connectivity index (χ1n) is 15.1. The van der Waals surface area contributed by atoms with E-state index in [4.69, 9.17) is 27.9 Å². The van der Waals surface area contributed by atoms with E-state index in [9.17, 15) is 14.4 Å². The van der Waals surface area contributed by atoms with Gasteiger partial charge in [-0.1, -0.05) is 35.3 Å². The molecule has 1 N–H and O–H groups in total. The molecule has 234 valence electrons. The van der Waals surface area contributed by atoms with E-state index in [2.05, 4.69) is 32.1 Å². The van der Waals surface area contributed by atoms with E-state index in [0.29, 0.717) is 42.3 Å². The maximum atomic E-state index is 13.4. The van der Waals surface area contributed by atoms with Crippen LogP contribution in [0.25, 0.3) is 11.0 Å². The van der Waals surface area contributed by atoms with Crippen molar-refractivity contribution in [2.24, 2.45) is 0 Å². The Bertz CT molecular complexity index is 1740. The standard InChI is InChI=1S/C33H34Cl2N6O4/c1-39-13-15-40(16-14-39)19-21-4-6-22(7-5-21)33(44)45-24-10-8-23(9-11-24)41-20-26(30(42)25-3-2-12-37-31(25)41)32(43)38-29-27(34)17-36-18-28(29)35/h2-7,12,17-18,20,23-24H,8-11,13-16,19H2,1H3,(H,36,38,43). The average molecular weight is 650 g/mol. The summed E-state index contributed by atoms with van der Waals surface area (Å²) in [5.74, 6) is -0.959. The number of pyridine rings is 3. The van der Waals surface area contributed by atoms with E-state index in [1.807, 2.05) is 28.8 Å². The molecule has 0 atom stereocenters. The number of piperazine rings is 1. The number of benzene rings is 1. The van der Waals surface area contributed by atoms with E-state index in [1.165, 1.54) is 18.0 Å². The molecule has 1 saturated heterocycles. The number of rotatable bonds is 7. The second-order valence-corrected chi connectivity index (χ2v) is 12.5. The van der Waals surface area contributed by atoms with Crippen LogP contribution in [0.4, 0.5) is 5.69 Å². The number of fused-ring (bicyclic) bond motifs is 1. The lowest BCUT2D eigenvalue weighted by Crippen LogP contribution is -2.43. The van der Waals surface area contributed by atoms with Crippen molar-refractivity contribution in [3.05, 3.63) is 98.1 Å². The van der Waals surface area contributed by atoms with Gasteiger partial charge in [-0.2, -0.15) is 0 Å². The van der Waals surface area contributed by atoms with Gasteiger partial charge >= 0.3 is 5.97 Å². The van der Waals surface area contributed by atoms with Gasteiger partial charge in [0.2, 0.25) is 5.43 Å². The SMILES string of the molecule is CN1CCN(Cc2ccc(C(=O)OC3CCC(n4cc(C(=O)Nc5c(Cl)cncc5Cl)c(=O)c5cccnc54)CC3)cc2)CC1. The molecule has 45 heavy (non-hydrogen) atoms. The van der Waals surface area contributed by atoms with Crippen LogP contribution in [0.2, 0.25) is 10.0 Å². The van der Waals surface area contributed by atoms with Crippen LogP contribution in [-0.4, -0.2) is 75.5 Å². The van der Waals surface area contributed by atoms with Crippen molar-refractivity contribution in [1.82, 2.24) is 24.3 Å². The molecule has 1 saturated carbocycles. The highest BCUT2D eigenvalue weighted by atomic mass is 35.5. The van der Waals surface area contributed by atoms with Crippen molar-refractivity contribution >= 4 is 51.8 Å². The first kappa shape index (κ1) is 31.2. The molecular weight excluding hydrogens is 615 g/mol. The van der Waals surface area contributed by atoms with E-state index < -0.39 is 11.3 Å². The van der Waals surface area contributed by atoms with Gasteiger partial charge in [0, 0.05) is 63.6 Å². The van der Waals surface area contributed by atoms with Gasteiger partial charge in [0.05, 0.1) is 26.7 Å². The Morgan fingerprint density at radius 1 is 0.978 bits per heavy atom. The summed E-state index contributed by atoms with van der Waals surface area (Å²) < 4.78 is 7.78. The van der Waals surface area contributed by atoms with Crippen LogP contribution in [-0.2, 0) is 11.3 Å². The quantitative estimate of drug-likeness (QED) is 0.264. The number of likely N-dealkylation sites (N-methyl/N-ethyl adjacent to an activating group) is 1. The summed E-state index contributed by atoms with van der Waals surface area (Å²) in [5, 5.41) is 3.32. The van der Waals surface area contributed by atoms with E-state index in [1.54, 1.807) is 24.5 Å². The molecule has 3 aromatic heterocycles. The molecular formula is C33H34Cl2N6O4. The highest BCUT2D eigenvalue weighted by Crippen LogP contribution is 2.33. The number of hydrogen-bond donors (Lipinski definition) is 1. The zero-order valence-corrected chi connectivity index (χ0v) is 26.4. The molecule has 2 aliphatic rings. The molecule has 1 amide bonds. The summed E-state index contributed by atoms with van der Waals surface area (Å²) in [4.78, 5) is 52.8. The van der Waals surface area contributed by atoms with Gasteiger partial charge in [-0.25, -0.2) is 9.78 Å². The Labute approximate surface area is 270 Å². The third-order valence-corrected chi connectivity index (χ3v) is 9.20. The maximum Gasteiger partial charge on any atom is 0.338 e. The molecule has 10 nitrogen and oxygen atoms in total. The molecule has 0 bridgehead atoms. The van der Waals surface area contributed by atoms with Crippen molar-refractivity contribution in [3.8, 4) is 0 Å². The molecule has 0 spiro atoms. The Hall–Kier alpha value is -3.83. The second kappa shape index (κ2) is 13.7. The lowest BCUT2D eigenvalue weighted by atomic mass is 9.92. The molecule has 12 heteroatoms. The van der Waals surface area contributed by atoms with Gasteiger partial charge in [0.1, 0.15) is 17.3 Å². The summed E-state index contributed by atoms with van der Waals surface area (Å²) in [7, 11) is 2.14. The summed E-state index contributed by atoms with van der Waals surface area (Å²) in [5.41, 5.74) is 1.91. The maximum absolute atomic E-state index is 13.4. The number of anilines is 1. The first-order valence-corrected chi connectivity index (χ1v) is 15.8. The fraction of sp³-hybridized carbons (Fsp3) is 0.364. The van der Waals surface area contributed by atoms with Crippen LogP contribution < -0.4 is 10.7 Å². The van der Waals surface area contributed by atoms with Crippen molar-refractivity contribution in [2.45, 2.75) is 44.4 Å². The molecule has 6 rings (SSSR count). The largest absolute Gasteiger partial charge is 0.459 e. The van der Waals surface area contributed by atoms with E-state index >= 15 is 0 Å². The third kappa shape index (κ3) is 7.04. The molecule has 2 fully saturated rings. The lowest BCUT2D eigenvalue weighted by molar-refractivity contribution is 0.0173. The topological polar surface area (TPSA) is 110 Å². The molecule has 0 radical (unpaired) electrons. The van der Waals surface area contributed by atoms with Crippen LogP contribution >= 0.6 is 23.2 Å². The predicted octanol–water partition coefficient (Wildman–Crippen LogP) is 5.44. The van der Waals surface area contributed by atoms with Crippen LogP contribution in [0.5, 0.6) is 0 Å². The minimum atomic E-state index is -0.633. The summed E-state index contributed by atoms with van der Waals surface area (Å²) in [6.45, 7) is 5.08. The van der Waals surface area contributed by atoms with E-state index in [0.717, 1.165) is 32.7 Å². The minimum absolute atomic E-state index is 0.0496. The number of ether oxygens (including phenoxy) is 1. The predicted molar refractivity (Wildman–Crippen MR) is 174 cm³/mol. The third-order valence-electron chi connectivity index (χ3n) is 8.63. The monoisotopic (exact) mass is 648 g/mol. The molecule has 1 aromatic carbocycles. The summed E-state index contributed by atoms with van der Waals surface area (Å²) in [6.07, 6.45) is 8.32. The van der Waals surface area contributed by atoms with Gasteiger partial charge in [-0.15, -0.1) is 0 Å². The number of hydrogen-bond acceptors (Lipinski definition) is 8. The van der Waals surface area contributed by atoms with Crippen molar-refractivity contribution < 1.29 is 14.3 Å². The number of esters is 1. The Kier molecular flexibility index (Phi) is 9.46. The number of nitrogens with one attached hydrogen (secondary N) is 1. The van der Waals surface area contributed by atoms with Crippen LogP contribution in [0.3, 0.4) is 0 Å². The van der Waals surface area contributed by atoms with Crippen molar-refractivity contribution in [2.75, 3.05) is 38.5 Å². The number of amides is 1. The zero-order valence-electron chi connectivity index (χ0n) is 24.9. The van der Waals surface area contributed by atoms with Crippen LogP contribution in [0.15, 0.2) is 66.0 Å². The molecule has 0 unspecified atom stereocenters. The number of nitrogens with zero attached hydrogens (tertiary/aromatic N) is 5. The average Bonchev–Trinajstić information content (AvgIpc) is 3.05. The number of aromatic nitrogens is 3. The fourth-order valence-electron chi connectivity index (χ4n) is 6.01. The van der Waals surface area contributed by atoms with Gasteiger partial charge in [0.25, 0.3) is 5.91 Å². The summed E-state index contributed by atoms with van der Waals surface area (Å²) >= 11 is 12.4. The van der Waals surface area contributed by atoms with Gasteiger partial charge < -0.3 is 19.5 Å². The van der Waals surface area contributed by atoms with Gasteiger partial charge in [-0.05, 0) is 62.6 Å². The van der Waals surface area contributed by atoms with Gasteiger partial charge in [-0.3, -0.25) is 19.5 Å². The van der Waals surface area contributed by atoms with Crippen LogP contribution in [0, 0.1) is 0 Å². The van der Waals surface area contributed by atoms with Crippen LogP contribution in [0.1, 0.15) is 58.0 Å². The van der Waals surface area contributed by atoms with E-state index in [-0.39, 0.29) is 39.4 Å². The number of carbonyl (C=O) groups is 2. The highest BCUT2D eigenvalue weighted by molar-refractivity contribution is 6.39.